The zero-order valence-electron chi connectivity index (χ0n) is 23.9. The van der Waals surface area contributed by atoms with Gasteiger partial charge in [-0.05, 0) is 35.2 Å². The van der Waals surface area contributed by atoms with Crippen molar-refractivity contribution in [2.75, 3.05) is 12.4 Å². The van der Waals surface area contributed by atoms with Crippen LogP contribution in [0.1, 0.15) is 43.2 Å². The number of anilines is 1. The Morgan fingerprint density at radius 1 is 0.976 bits per heavy atom. The molecule has 2 aromatic heterocycles. The second-order valence-corrected chi connectivity index (χ2v) is 10.6. The molecule has 0 unspecified atom stereocenters. The first-order chi connectivity index (χ1) is 20.5. The van der Waals surface area contributed by atoms with Crippen LogP contribution in [0.15, 0.2) is 110 Å². The Hall–Kier alpha value is -4.56. The third-order valence-corrected chi connectivity index (χ3v) is 8.63. The quantitative estimate of drug-likeness (QED) is 0.153. The fourth-order valence-electron chi connectivity index (χ4n) is 6.15. The SMILES string of the molecule is C=C[C@]1(CC)O[C@@H](n2cnc3c(NC(c4ccccc4)(c4ccccc4)c4ccc(OC)cc4)ncnc32)[C@H](F)[C@@H]1C. The van der Waals surface area contributed by atoms with Crippen LogP contribution >= 0.6 is 0 Å². The standard InChI is InChI=1S/C34H34FN5O2/c1-5-33(6-2)23(3)28(35)32(42-33)40-22-38-29-30(36-21-37-31(29)40)39-34(24-13-9-7-10-14-24,25-15-11-8-12-16-25)26-17-19-27(41-4)20-18-26/h5,7-23,28,32H,1,6H2,2-4H3,(H,36,37,39)/t23-,28+,32+,33+/m0/s1. The summed E-state index contributed by atoms with van der Waals surface area (Å²) in [7, 11) is 1.65. The number of imidazole rings is 1. The van der Waals surface area contributed by atoms with Crippen molar-refractivity contribution in [3.63, 3.8) is 0 Å². The van der Waals surface area contributed by atoms with Crippen LogP contribution < -0.4 is 10.1 Å². The van der Waals surface area contributed by atoms with E-state index in [0.717, 1.165) is 22.4 Å². The fraction of sp³-hybridized carbons (Fsp3) is 0.265. The summed E-state index contributed by atoms with van der Waals surface area (Å²) in [6.07, 6.45) is 3.24. The zero-order valence-corrected chi connectivity index (χ0v) is 23.9. The molecule has 0 amide bonds. The molecule has 3 aromatic carbocycles. The summed E-state index contributed by atoms with van der Waals surface area (Å²) < 4.78 is 29.2. The molecule has 5 aromatic rings. The second-order valence-electron chi connectivity index (χ2n) is 10.6. The molecule has 7 nitrogen and oxygen atoms in total. The lowest BCUT2D eigenvalue weighted by Crippen LogP contribution is -2.38. The number of hydrogen-bond acceptors (Lipinski definition) is 6. The number of nitrogens with one attached hydrogen (secondary N) is 1. The molecule has 8 heteroatoms. The Labute approximate surface area is 245 Å². The van der Waals surface area contributed by atoms with E-state index in [-0.39, 0.29) is 5.92 Å². The molecule has 3 heterocycles. The van der Waals surface area contributed by atoms with Gasteiger partial charge >= 0.3 is 0 Å². The minimum atomic E-state index is -1.27. The highest BCUT2D eigenvalue weighted by Gasteiger charge is 2.51. The van der Waals surface area contributed by atoms with E-state index in [9.17, 15) is 0 Å². The van der Waals surface area contributed by atoms with Crippen LogP contribution in [-0.2, 0) is 10.3 Å². The summed E-state index contributed by atoms with van der Waals surface area (Å²) in [6.45, 7) is 7.78. The van der Waals surface area contributed by atoms with Crippen molar-refractivity contribution in [1.82, 2.24) is 19.5 Å². The van der Waals surface area contributed by atoms with Crippen LogP contribution in [-0.4, -0.2) is 38.4 Å². The van der Waals surface area contributed by atoms with Gasteiger partial charge in [-0.3, -0.25) is 4.57 Å². The number of fused-ring (bicyclic) bond motifs is 1. The molecule has 0 aliphatic carbocycles. The van der Waals surface area contributed by atoms with E-state index in [1.54, 1.807) is 24.1 Å². The Morgan fingerprint density at radius 2 is 1.60 bits per heavy atom. The average molecular weight is 564 g/mol. The summed E-state index contributed by atoms with van der Waals surface area (Å²) in [5.74, 6) is 0.890. The second kappa shape index (κ2) is 11.0. The normalized spacial score (nSPS) is 22.2. The number of halogens is 1. The van der Waals surface area contributed by atoms with Crippen molar-refractivity contribution in [2.45, 2.75) is 43.8 Å². The molecule has 0 radical (unpaired) electrons. The highest BCUT2D eigenvalue weighted by Crippen LogP contribution is 2.47. The molecule has 0 spiro atoms. The molecule has 1 aliphatic heterocycles. The fourth-order valence-corrected chi connectivity index (χ4v) is 6.15. The predicted molar refractivity (Wildman–Crippen MR) is 162 cm³/mol. The van der Waals surface area contributed by atoms with Gasteiger partial charge in [-0.2, -0.15) is 0 Å². The van der Waals surface area contributed by atoms with E-state index >= 15 is 4.39 Å². The number of methoxy groups -OCH3 is 1. The average Bonchev–Trinajstić information content (AvgIpc) is 3.60. The maximum Gasteiger partial charge on any atom is 0.169 e. The lowest BCUT2D eigenvalue weighted by Gasteiger charge is -2.37. The first-order valence-corrected chi connectivity index (χ1v) is 14.1. The summed E-state index contributed by atoms with van der Waals surface area (Å²) in [5, 5.41) is 3.77. The van der Waals surface area contributed by atoms with Crippen molar-refractivity contribution in [2.24, 2.45) is 5.92 Å². The first kappa shape index (κ1) is 27.6. The summed E-state index contributed by atoms with van der Waals surface area (Å²) in [4.78, 5) is 13.9. The van der Waals surface area contributed by atoms with Gasteiger partial charge in [0.25, 0.3) is 0 Å². The van der Waals surface area contributed by atoms with E-state index in [2.05, 4.69) is 46.1 Å². The van der Waals surface area contributed by atoms with Gasteiger partial charge < -0.3 is 14.8 Å². The molecule has 4 atom stereocenters. The lowest BCUT2D eigenvalue weighted by molar-refractivity contribution is -0.0602. The summed E-state index contributed by atoms with van der Waals surface area (Å²) in [6, 6.07) is 28.4. The number of ether oxygens (including phenoxy) is 2. The number of benzene rings is 3. The number of nitrogens with zero attached hydrogens (tertiary/aromatic N) is 4. The molecule has 1 N–H and O–H groups in total. The zero-order chi connectivity index (χ0) is 29.3. The highest BCUT2D eigenvalue weighted by atomic mass is 19.1. The molecule has 42 heavy (non-hydrogen) atoms. The third kappa shape index (κ3) is 4.34. The Balaban J connectivity index is 1.52. The van der Waals surface area contributed by atoms with E-state index in [0.29, 0.717) is 23.4 Å². The van der Waals surface area contributed by atoms with Gasteiger partial charge in [-0.25, -0.2) is 19.3 Å². The van der Waals surface area contributed by atoms with Crippen molar-refractivity contribution in [1.29, 1.82) is 0 Å². The van der Waals surface area contributed by atoms with Gasteiger partial charge in [0, 0.05) is 5.92 Å². The van der Waals surface area contributed by atoms with Crippen molar-refractivity contribution >= 4 is 17.0 Å². The smallest absolute Gasteiger partial charge is 0.169 e. The van der Waals surface area contributed by atoms with Crippen molar-refractivity contribution in [3.8, 4) is 5.75 Å². The number of hydrogen-bond donors (Lipinski definition) is 1. The Bertz CT molecular complexity index is 1640. The molecule has 1 aliphatic rings. The minimum absolute atomic E-state index is 0.374. The third-order valence-electron chi connectivity index (χ3n) is 8.63. The molecule has 214 valence electrons. The molecular formula is C34H34FN5O2. The van der Waals surface area contributed by atoms with Gasteiger partial charge in [0.15, 0.2) is 29.4 Å². The molecule has 6 rings (SSSR count). The summed E-state index contributed by atoms with van der Waals surface area (Å²) >= 11 is 0. The van der Waals surface area contributed by atoms with Gasteiger partial charge in [0.05, 0.1) is 19.0 Å². The van der Waals surface area contributed by atoms with E-state index in [1.165, 1.54) is 6.33 Å². The number of rotatable bonds is 9. The topological polar surface area (TPSA) is 74.1 Å². The molecular weight excluding hydrogens is 529 g/mol. The highest BCUT2D eigenvalue weighted by molar-refractivity contribution is 5.84. The van der Waals surface area contributed by atoms with Crippen LogP contribution in [0, 0.1) is 5.92 Å². The van der Waals surface area contributed by atoms with E-state index in [4.69, 9.17) is 14.5 Å². The lowest BCUT2D eigenvalue weighted by atomic mass is 9.77. The maximum atomic E-state index is 15.7. The van der Waals surface area contributed by atoms with Crippen LogP contribution in [0.4, 0.5) is 10.2 Å². The number of aromatic nitrogens is 4. The molecule has 0 saturated carbocycles. The molecule has 0 bridgehead atoms. The van der Waals surface area contributed by atoms with Gasteiger partial charge in [-0.1, -0.05) is 92.7 Å². The van der Waals surface area contributed by atoms with Gasteiger partial charge in [-0.15, -0.1) is 6.58 Å². The van der Waals surface area contributed by atoms with Crippen LogP contribution in [0.5, 0.6) is 5.75 Å². The number of alkyl halides is 1. The maximum absolute atomic E-state index is 15.7. The molecule has 1 fully saturated rings. The van der Waals surface area contributed by atoms with E-state index in [1.807, 2.05) is 74.5 Å². The van der Waals surface area contributed by atoms with Crippen LogP contribution in [0.3, 0.4) is 0 Å². The van der Waals surface area contributed by atoms with Crippen molar-refractivity contribution in [3.05, 3.63) is 127 Å². The van der Waals surface area contributed by atoms with Crippen LogP contribution in [0.2, 0.25) is 0 Å². The monoisotopic (exact) mass is 563 g/mol. The summed E-state index contributed by atoms with van der Waals surface area (Å²) in [5.41, 5.74) is 2.35. The Morgan fingerprint density at radius 3 is 2.14 bits per heavy atom. The van der Waals surface area contributed by atoms with Gasteiger partial charge in [0.2, 0.25) is 0 Å². The first-order valence-electron chi connectivity index (χ1n) is 14.1. The molecule has 1 saturated heterocycles. The van der Waals surface area contributed by atoms with E-state index < -0.39 is 23.5 Å². The largest absolute Gasteiger partial charge is 0.497 e. The Kier molecular flexibility index (Phi) is 7.24. The predicted octanol–water partition coefficient (Wildman–Crippen LogP) is 7.08. The van der Waals surface area contributed by atoms with Gasteiger partial charge in [0.1, 0.15) is 17.6 Å². The minimum Gasteiger partial charge on any atom is -0.497 e. The van der Waals surface area contributed by atoms with Crippen LogP contribution in [0.25, 0.3) is 11.2 Å². The van der Waals surface area contributed by atoms with Crippen molar-refractivity contribution < 1.29 is 13.9 Å².